The van der Waals surface area contributed by atoms with Gasteiger partial charge in [-0.2, -0.15) is 0 Å². The summed E-state index contributed by atoms with van der Waals surface area (Å²) in [4.78, 5) is 25.1. The van der Waals surface area contributed by atoms with Gasteiger partial charge >= 0.3 is 5.97 Å². The minimum atomic E-state index is -1.19. The lowest BCUT2D eigenvalue weighted by atomic mass is 9.95. The number of carboxylic acid groups (broad SMARTS) is 1. The third kappa shape index (κ3) is 5.09. The Morgan fingerprint density at radius 3 is 2.14 bits per heavy atom. The minimum absolute atomic E-state index is 0.107. The molecule has 0 spiro atoms. The van der Waals surface area contributed by atoms with Crippen molar-refractivity contribution in [3.05, 3.63) is 60.6 Å². The van der Waals surface area contributed by atoms with Crippen molar-refractivity contribution in [1.82, 2.24) is 4.90 Å². The van der Waals surface area contributed by atoms with Crippen LogP contribution in [0.5, 0.6) is 0 Å². The summed E-state index contributed by atoms with van der Waals surface area (Å²) in [6, 6.07) is 0. The summed E-state index contributed by atoms with van der Waals surface area (Å²) in [6.07, 6.45) is 4.31. The van der Waals surface area contributed by atoms with E-state index < -0.39 is 11.9 Å². The SMILES string of the molecule is C=C/C(C(=O)O)=C(/C(=O)N(C)C(=C)/C=C\C(=C)OC)C(C)C. The van der Waals surface area contributed by atoms with Crippen molar-refractivity contribution in [2.45, 2.75) is 13.8 Å². The molecule has 0 aromatic carbocycles. The van der Waals surface area contributed by atoms with Gasteiger partial charge in [-0.3, -0.25) is 4.79 Å². The Morgan fingerprint density at radius 1 is 1.23 bits per heavy atom. The number of ether oxygens (including phenoxy) is 1. The van der Waals surface area contributed by atoms with E-state index in [4.69, 9.17) is 4.74 Å². The lowest BCUT2D eigenvalue weighted by Crippen LogP contribution is -2.30. The van der Waals surface area contributed by atoms with E-state index in [2.05, 4.69) is 19.7 Å². The quantitative estimate of drug-likeness (QED) is 0.425. The van der Waals surface area contributed by atoms with Crippen molar-refractivity contribution in [1.29, 1.82) is 0 Å². The first kappa shape index (κ1) is 19.4. The van der Waals surface area contributed by atoms with Crippen molar-refractivity contribution in [3.63, 3.8) is 0 Å². The zero-order valence-corrected chi connectivity index (χ0v) is 13.5. The molecule has 0 saturated heterocycles. The Bertz CT molecular complexity index is 553. The van der Waals surface area contributed by atoms with Crippen molar-refractivity contribution in [2.24, 2.45) is 5.92 Å². The van der Waals surface area contributed by atoms with Gasteiger partial charge in [-0.15, -0.1) is 0 Å². The summed E-state index contributed by atoms with van der Waals surface area (Å²) in [5, 5.41) is 9.21. The van der Waals surface area contributed by atoms with E-state index in [1.165, 1.54) is 25.1 Å². The summed E-state index contributed by atoms with van der Waals surface area (Å²) in [5.74, 6) is -1.48. The van der Waals surface area contributed by atoms with E-state index in [-0.39, 0.29) is 17.1 Å². The molecule has 0 saturated carbocycles. The van der Waals surface area contributed by atoms with Crippen LogP contribution in [0.2, 0.25) is 0 Å². The molecule has 0 aliphatic carbocycles. The molecular formula is C17H23NO4. The number of hydrogen-bond donors (Lipinski definition) is 1. The largest absolute Gasteiger partial charge is 0.497 e. The first-order valence-electron chi connectivity index (χ1n) is 6.65. The number of amides is 1. The number of carbonyl (C=O) groups excluding carboxylic acids is 1. The van der Waals surface area contributed by atoms with E-state index in [0.29, 0.717) is 11.5 Å². The molecular weight excluding hydrogens is 282 g/mol. The summed E-state index contributed by atoms with van der Waals surface area (Å²) in [7, 11) is 3.00. The summed E-state index contributed by atoms with van der Waals surface area (Å²) in [5.41, 5.74) is 0.449. The number of nitrogens with zero attached hydrogens (tertiary/aromatic N) is 1. The Kier molecular flexibility index (Phi) is 7.66. The zero-order chi connectivity index (χ0) is 17.4. The van der Waals surface area contributed by atoms with Gasteiger partial charge in [0.2, 0.25) is 0 Å². The molecule has 0 aromatic heterocycles. The van der Waals surface area contributed by atoms with E-state index in [1.54, 1.807) is 26.0 Å². The summed E-state index contributed by atoms with van der Waals surface area (Å²) in [6.45, 7) is 14.4. The first-order valence-corrected chi connectivity index (χ1v) is 6.65. The smallest absolute Gasteiger partial charge is 0.336 e. The lowest BCUT2D eigenvalue weighted by molar-refractivity contribution is -0.133. The van der Waals surface area contributed by atoms with Crippen LogP contribution in [0.3, 0.4) is 0 Å². The first-order chi connectivity index (χ1) is 10.2. The number of rotatable bonds is 8. The molecule has 5 nitrogen and oxygen atoms in total. The Morgan fingerprint density at radius 2 is 1.77 bits per heavy atom. The molecule has 0 heterocycles. The van der Waals surface area contributed by atoms with Crippen LogP contribution >= 0.6 is 0 Å². The fourth-order valence-corrected chi connectivity index (χ4v) is 1.67. The van der Waals surface area contributed by atoms with Crippen LogP contribution in [0, 0.1) is 5.92 Å². The molecule has 0 fully saturated rings. The van der Waals surface area contributed by atoms with Crippen LogP contribution in [0.15, 0.2) is 60.6 Å². The summed E-state index contributed by atoms with van der Waals surface area (Å²) >= 11 is 0. The summed E-state index contributed by atoms with van der Waals surface area (Å²) < 4.78 is 4.89. The molecule has 0 atom stereocenters. The van der Waals surface area contributed by atoms with Crippen LogP contribution < -0.4 is 0 Å². The molecule has 0 rings (SSSR count). The fourth-order valence-electron chi connectivity index (χ4n) is 1.67. The molecule has 22 heavy (non-hydrogen) atoms. The van der Waals surface area contributed by atoms with Crippen LogP contribution in [-0.4, -0.2) is 36.0 Å². The molecule has 0 aliphatic heterocycles. The van der Waals surface area contributed by atoms with Gasteiger partial charge in [-0.25, -0.2) is 4.79 Å². The van der Waals surface area contributed by atoms with Crippen molar-refractivity contribution in [2.75, 3.05) is 14.2 Å². The highest BCUT2D eigenvalue weighted by molar-refractivity contribution is 6.04. The van der Waals surface area contributed by atoms with E-state index in [0.717, 1.165) is 0 Å². The molecule has 1 N–H and O–H groups in total. The maximum Gasteiger partial charge on any atom is 0.336 e. The predicted octanol–water partition coefficient (Wildman–Crippen LogP) is 2.90. The Hall–Kier alpha value is -2.56. The molecule has 0 radical (unpaired) electrons. The third-order valence-electron chi connectivity index (χ3n) is 2.99. The average molecular weight is 305 g/mol. The van der Waals surface area contributed by atoms with E-state index in [1.807, 2.05) is 0 Å². The van der Waals surface area contributed by atoms with Crippen molar-refractivity contribution in [3.8, 4) is 0 Å². The monoisotopic (exact) mass is 305 g/mol. The molecule has 0 unspecified atom stereocenters. The Labute approximate surface area is 131 Å². The maximum atomic E-state index is 12.6. The average Bonchev–Trinajstić information content (AvgIpc) is 2.47. The second kappa shape index (κ2) is 8.67. The fraction of sp³-hybridized carbons (Fsp3) is 0.294. The van der Waals surface area contributed by atoms with Gasteiger partial charge in [-0.05, 0) is 18.1 Å². The molecule has 120 valence electrons. The van der Waals surface area contributed by atoms with Crippen molar-refractivity contribution >= 4 is 11.9 Å². The number of hydrogen-bond acceptors (Lipinski definition) is 3. The van der Waals surface area contributed by atoms with Gasteiger partial charge in [0.1, 0.15) is 5.76 Å². The second-order valence-electron chi connectivity index (χ2n) is 4.85. The third-order valence-corrected chi connectivity index (χ3v) is 2.99. The highest BCUT2D eigenvalue weighted by atomic mass is 16.5. The zero-order valence-electron chi connectivity index (χ0n) is 13.5. The number of carbonyl (C=O) groups is 2. The van der Waals surface area contributed by atoms with Crippen molar-refractivity contribution < 1.29 is 19.4 Å². The van der Waals surface area contributed by atoms with Crippen LogP contribution in [-0.2, 0) is 14.3 Å². The van der Waals surface area contributed by atoms with Crippen LogP contribution in [0.25, 0.3) is 0 Å². The standard InChI is InChI=1S/C17H23NO4/c1-8-14(17(20)21)15(11(2)3)16(19)18(6)12(4)9-10-13(5)22-7/h8-11H,1,4-5H2,2-3,6-7H3,(H,20,21)/b10-9-,15-14-. The molecule has 0 aromatic rings. The topological polar surface area (TPSA) is 66.8 Å². The number of allylic oxidation sites excluding steroid dienone is 2. The maximum absolute atomic E-state index is 12.6. The predicted molar refractivity (Wildman–Crippen MR) is 86.9 cm³/mol. The van der Waals surface area contributed by atoms with Gasteiger partial charge in [0.15, 0.2) is 0 Å². The number of likely N-dealkylation sites (N-methyl/N-ethyl adjacent to an activating group) is 1. The Balaban J connectivity index is 5.56. The highest BCUT2D eigenvalue weighted by Crippen LogP contribution is 2.20. The van der Waals surface area contributed by atoms with Gasteiger partial charge in [-0.1, -0.05) is 39.7 Å². The lowest BCUT2D eigenvalue weighted by Gasteiger charge is -2.22. The van der Waals surface area contributed by atoms with Crippen LogP contribution in [0.4, 0.5) is 0 Å². The normalized spacial score (nSPS) is 11.9. The molecule has 5 heteroatoms. The van der Waals surface area contributed by atoms with Crippen LogP contribution in [0.1, 0.15) is 13.8 Å². The number of carboxylic acids is 1. The molecule has 0 aliphatic rings. The van der Waals surface area contributed by atoms with E-state index in [9.17, 15) is 14.7 Å². The van der Waals surface area contributed by atoms with Gasteiger partial charge in [0.05, 0.1) is 12.7 Å². The van der Waals surface area contributed by atoms with Gasteiger partial charge in [0.25, 0.3) is 5.91 Å². The van der Waals surface area contributed by atoms with Gasteiger partial charge < -0.3 is 14.7 Å². The van der Waals surface area contributed by atoms with E-state index >= 15 is 0 Å². The highest BCUT2D eigenvalue weighted by Gasteiger charge is 2.24. The number of methoxy groups -OCH3 is 1. The number of aliphatic carboxylic acids is 1. The molecule has 0 bridgehead atoms. The molecule has 1 amide bonds. The van der Waals surface area contributed by atoms with Gasteiger partial charge in [0, 0.05) is 18.3 Å². The minimum Gasteiger partial charge on any atom is -0.497 e. The second-order valence-corrected chi connectivity index (χ2v) is 4.85.